The summed E-state index contributed by atoms with van der Waals surface area (Å²) in [6.07, 6.45) is 1.82. The van der Waals surface area contributed by atoms with Crippen LogP contribution >= 0.6 is 23.2 Å². The van der Waals surface area contributed by atoms with Crippen LogP contribution in [0, 0.1) is 0 Å². The van der Waals surface area contributed by atoms with Gasteiger partial charge < -0.3 is 4.43 Å². The maximum atomic E-state index is 5.76. The lowest BCUT2D eigenvalue weighted by Crippen LogP contribution is -2.40. The van der Waals surface area contributed by atoms with Gasteiger partial charge in [0.05, 0.1) is 11.9 Å². The van der Waals surface area contributed by atoms with Crippen molar-refractivity contribution in [2.45, 2.75) is 38.9 Å². The maximum Gasteiger partial charge on any atom is 0.192 e. The molecule has 0 rings (SSSR count). The smallest absolute Gasteiger partial charge is 0.192 e. The van der Waals surface area contributed by atoms with Crippen LogP contribution in [-0.2, 0) is 4.43 Å². The van der Waals surface area contributed by atoms with Gasteiger partial charge in [-0.3, -0.25) is 0 Å². The standard InChI is InChI=1S/C9H20OSi.CH2Cl2/c1-7-8-10-11(5,6)9(2,3)4;2-1-3/h7H,1,8H2,2-6H3;1H2. The van der Waals surface area contributed by atoms with E-state index in [-0.39, 0.29) is 5.34 Å². The molecule has 4 heteroatoms. The van der Waals surface area contributed by atoms with Crippen LogP contribution < -0.4 is 0 Å². The lowest BCUT2D eigenvalue weighted by molar-refractivity contribution is 0.328. The van der Waals surface area contributed by atoms with Gasteiger partial charge in [-0.2, -0.15) is 0 Å². The van der Waals surface area contributed by atoms with Crippen LogP contribution in [0.4, 0.5) is 0 Å². The molecule has 0 fully saturated rings. The Bertz CT molecular complexity index is 153. The number of hydrogen-bond donors (Lipinski definition) is 0. The molecule has 0 atom stereocenters. The van der Waals surface area contributed by atoms with E-state index in [1.165, 1.54) is 0 Å². The fraction of sp³-hybridized carbons (Fsp3) is 0.800. The molecule has 0 aromatic heterocycles. The molecule has 0 saturated heterocycles. The average molecular weight is 257 g/mol. The molecule has 0 aliphatic heterocycles. The van der Waals surface area contributed by atoms with E-state index in [1.807, 2.05) is 6.08 Å². The normalized spacial score (nSPS) is 11.6. The second kappa shape index (κ2) is 7.75. The number of rotatable bonds is 3. The number of alkyl halides is 2. The molecule has 0 aliphatic carbocycles. The number of hydrogen-bond acceptors (Lipinski definition) is 1. The lowest BCUT2D eigenvalue weighted by atomic mass is 10.2. The van der Waals surface area contributed by atoms with E-state index < -0.39 is 8.32 Å². The number of halogens is 2. The van der Waals surface area contributed by atoms with Crippen molar-refractivity contribution < 1.29 is 4.43 Å². The summed E-state index contributed by atoms with van der Waals surface area (Å²) in [6.45, 7) is 15.5. The molecule has 0 aromatic rings. The van der Waals surface area contributed by atoms with Crippen molar-refractivity contribution in [1.29, 1.82) is 0 Å². The second-order valence-electron chi connectivity index (χ2n) is 4.46. The third-order valence-corrected chi connectivity index (χ3v) is 6.87. The maximum absolute atomic E-state index is 5.76. The molecule has 1 nitrogen and oxygen atoms in total. The van der Waals surface area contributed by atoms with Gasteiger partial charge in [0.1, 0.15) is 0 Å². The zero-order chi connectivity index (χ0) is 11.8. The topological polar surface area (TPSA) is 9.23 Å². The predicted molar refractivity (Wildman–Crippen MR) is 69.9 cm³/mol. The van der Waals surface area contributed by atoms with Gasteiger partial charge in [-0.15, -0.1) is 29.8 Å². The fourth-order valence-electron chi connectivity index (χ4n) is 0.484. The van der Waals surface area contributed by atoms with E-state index in [0.717, 1.165) is 0 Å². The Morgan fingerprint density at radius 1 is 1.29 bits per heavy atom. The van der Waals surface area contributed by atoms with Crippen LogP contribution in [0.5, 0.6) is 0 Å². The summed E-state index contributed by atoms with van der Waals surface area (Å²) in [5.41, 5.74) is 0. The summed E-state index contributed by atoms with van der Waals surface area (Å²) in [4.78, 5) is 0. The van der Waals surface area contributed by atoms with Crippen molar-refractivity contribution >= 4 is 31.5 Å². The van der Waals surface area contributed by atoms with E-state index in [1.54, 1.807) is 0 Å². The highest BCUT2D eigenvalue weighted by atomic mass is 35.5. The molecule has 0 bridgehead atoms. The van der Waals surface area contributed by atoms with Crippen LogP contribution in [0.2, 0.25) is 18.1 Å². The minimum Gasteiger partial charge on any atom is -0.413 e. The first-order valence-corrected chi connectivity index (χ1v) is 8.57. The SMILES string of the molecule is C=CCO[Si](C)(C)C(C)(C)C.ClCCl. The van der Waals surface area contributed by atoms with Gasteiger partial charge in [-0.1, -0.05) is 26.8 Å². The highest BCUT2D eigenvalue weighted by Crippen LogP contribution is 2.36. The Labute approximate surface area is 99.6 Å². The summed E-state index contributed by atoms with van der Waals surface area (Å²) in [7, 11) is -1.50. The van der Waals surface area contributed by atoms with Crippen molar-refractivity contribution in [3.63, 3.8) is 0 Å². The van der Waals surface area contributed by atoms with Crippen molar-refractivity contribution in [2.75, 3.05) is 11.9 Å². The van der Waals surface area contributed by atoms with Crippen molar-refractivity contribution in [3.05, 3.63) is 12.7 Å². The van der Waals surface area contributed by atoms with Crippen LogP contribution in [-0.4, -0.2) is 20.3 Å². The van der Waals surface area contributed by atoms with E-state index in [0.29, 0.717) is 11.6 Å². The highest BCUT2D eigenvalue weighted by molar-refractivity contribution is 6.74. The van der Waals surface area contributed by atoms with Gasteiger partial charge in [0.2, 0.25) is 0 Å². The van der Waals surface area contributed by atoms with Crippen LogP contribution in [0.3, 0.4) is 0 Å². The van der Waals surface area contributed by atoms with Gasteiger partial charge in [0, 0.05) is 0 Å². The second-order valence-corrected chi connectivity index (χ2v) is 10.1. The largest absolute Gasteiger partial charge is 0.413 e. The highest BCUT2D eigenvalue weighted by Gasteiger charge is 2.36. The summed E-state index contributed by atoms with van der Waals surface area (Å²) in [6, 6.07) is 0. The molecule has 0 radical (unpaired) electrons. The minimum atomic E-state index is -1.50. The Hall–Kier alpha value is 0.497. The quantitative estimate of drug-likeness (QED) is 0.407. The third-order valence-electron chi connectivity index (χ3n) is 2.37. The molecule has 0 heterocycles. The average Bonchev–Trinajstić information content (AvgIpc) is 2.00. The minimum absolute atomic E-state index is 0.194. The van der Waals surface area contributed by atoms with Gasteiger partial charge in [0.15, 0.2) is 8.32 Å². The van der Waals surface area contributed by atoms with E-state index in [2.05, 4.69) is 40.4 Å². The summed E-state index contributed by atoms with van der Waals surface area (Å²) >= 11 is 9.53. The zero-order valence-corrected chi connectivity index (χ0v) is 12.4. The van der Waals surface area contributed by atoms with Crippen molar-refractivity contribution in [1.82, 2.24) is 0 Å². The summed E-state index contributed by atoms with van der Waals surface area (Å²) < 4.78 is 5.76. The lowest BCUT2D eigenvalue weighted by Gasteiger charge is -2.35. The zero-order valence-electron chi connectivity index (χ0n) is 9.86. The molecule has 86 valence electrons. The first-order chi connectivity index (χ1) is 6.22. The van der Waals surface area contributed by atoms with E-state index >= 15 is 0 Å². The molecule has 0 unspecified atom stereocenters. The molecular weight excluding hydrogens is 235 g/mol. The van der Waals surface area contributed by atoms with E-state index in [4.69, 9.17) is 27.6 Å². The predicted octanol–water partition coefficient (Wildman–Crippen LogP) is 4.62. The molecular formula is C10H22Cl2OSi. The first kappa shape index (κ1) is 16.9. The fourth-order valence-corrected chi connectivity index (χ4v) is 1.45. The molecule has 0 N–H and O–H groups in total. The Balaban J connectivity index is 0. The van der Waals surface area contributed by atoms with Gasteiger partial charge in [-0.25, -0.2) is 0 Å². The van der Waals surface area contributed by atoms with Crippen molar-refractivity contribution in [2.24, 2.45) is 0 Å². The van der Waals surface area contributed by atoms with Gasteiger partial charge >= 0.3 is 0 Å². The summed E-state index contributed by atoms with van der Waals surface area (Å²) in [5, 5.41) is 0.510. The van der Waals surface area contributed by atoms with Gasteiger partial charge in [-0.05, 0) is 18.1 Å². The van der Waals surface area contributed by atoms with Crippen LogP contribution in [0.25, 0.3) is 0 Å². The van der Waals surface area contributed by atoms with Crippen LogP contribution in [0.1, 0.15) is 20.8 Å². The molecule has 0 aliphatic rings. The molecule has 14 heavy (non-hydrogen) atoms. The summed E-state index contributed by atoms with van der Waals surface area (Å²) in [5.74, 6) is 0. The molecule has 0 saturated carbocycles. The van der Waals surface area contributed by atoms with Gasteiger partial charge in [0.25, 0.3) is 0 Å². The van der Waals surface area contributed by atoms with E-state index in [9.17, 15) is 0 Å². The molecule has 0 aromatic carbocycles. The monoisotopic (exact) mass is 256 g/mol. The third kappa shape index (κ3) is 7.86. The first-order valence-electron chi connectivity index (χ1n) is 4.59. The Kier molecular flexibility index (Phi) is 9.35. The van der Waals surface area contributed by atoms with Crippen LogP contribution in [0.15, 0.2) is 12.7 Å². The molecule has 0 spiro atoms. The Morgan fingerprint density at radius 3 is 1.86 bits per heavy atom. The Morgan fingerprint density at radius 2 is 1.64 bits per heavy atom. The van der Waals surface area contributed by atoms with Crippen molar-refractivity contribution in [3.8, 4) is 0 Å². The molecule has 0 amide bonds.